The van der Waals surface area contributed by atoms with Crippen molar-refractivity contribution in [3.63, 3.8) is 0 Å². The summed E-state index contributed by atoms with van der Waals surface area (Å²) in [6.45, 7) is 1.71. The van der Waals surface area contributed by atoms with Crippen LogP contribution in [0.15, 0.2) is 18.2 Å². The van der Waals surface area contributed by atoms with E-state index >= 15 is 0 Å². The summed E-state index contributed by atoms with van der Waals surface area (Å²) in [5, 5.41) is 9.69. The summed E-state index contributed by atoms with van der Waals surface area (Å²) >= 11 is 0. The van der Waals surface area contributed by atoms with Crippen LogP contribution in [-0.2, 0) is 9.53 Å². The van der Waals surface area contributed by atoms with Gasteiger partial charge in [0.15, 0.2) is 11.6 Å². The summed E-state index contributed by atoms with van der Waals surface area (Å²) in [5.74, 6) is -2.95. The number of aliphatic hydroxyl groups excluding tert-OH is 1. The lowest BCUT2D eigenvalue weighted by Crippen LogP contribution is -2.38. The van der Waals surface area contributed by atoms with Crippen molar-refractivity contribution < 1.29 is 23.4 Å². The lowest BCUT2D eigenvalue weighted by molar-refractivity contribution is -0.147. The van der Waals surface area contributed by atoms with E-state index in [2.05, 4.69) is 4.74 Å². The number of esters is 1. The quantitative estimate of drug-likeness (QED) is 0.773. The third kappa shape index (κ3) is 3.21. The Morgan fingerprint density at radius 3 is 2.65 bits per heavy atom. The van der Waals surface area contributed by atoms with Crippen LogP contribution in [0.25, 0.3) is 0 Å². The molecule has 1 aromatic carbocycles. The molecule has 0 saturated heterocycles. The van der Waals surface area contributed by atoms with E-state index < -0.39 is 29.7 Å². The van der Waals surface area contributed by atoms with Crippen molar-refractivity contribution in [2.24, 2.45) is 5.73 Å². The van der Waals surface area contributed by atoms with E-state index in [9.17, 15) is 18.7 Å². The van der Waals surface area contributed by atoms with Gasteiger partial charge in [0.1, 0.15) is 12.1 Å². The third-order valence-corrected chi connectivity index (χ3v) is 2.18. The zero-order chi connectivity index (χ0) is 13.0. The molecular formula is C11H13F2NO3. The number of hydrogen-bond acceptors (Lipinski definition) is 4. The molecule has 94 valence electrons. The van der Waals surface area contributed by atoms with Crippen LogP contribution >= 0.6 is 0 Å². The normalized spacial score (nSPS) is 14.2. The van der Waals surface area contributed by atoms with E-state index in [0.29, 0.717) is 0 Å². The average Bonchev–Trinajstić information content (AvgIpc) is 2.31. The maximum atomic E-state index is 12.9. The zero-order valence-electron chi connectivity index (χ0n) is 9.19. The van der Waals surface area contributed by atoms with Crippen LogP contribution in [0.1, 0.15) is 18.6 Å². The maximum Gasteiger partial charge on any atom is 0.325 e. The minimum Gasteiger partial charge on any atom is -0.465 e. The Balaban J connectivity index is 2.84. The minimum atomic E-state index is -1.44. The molecule has 6 heteroatoms. The second kappa shape index (κ2) is 5.70. The number of ether oxygens (including phenoxy) is 1. The first-order chi connectivity index (χ1) is 7.97. The van der Waals surface area contributed by atoms with Gasteiger partial charge in [-0.1, -0.05) is 6.07 Å². The van der Waals surface area contributed by atoms with Crippen LogP contribution in [0.2, 0.25) is 0 Å². The van der Waals surface area contributed by atoms with Crippen molar-refractivity contribution in [1.82, 2.24) is 0 Å². The number of halogens is 2. The molecule has 0 aliphatic rings. The van der Waals surface area contributed by atoms with Crippen LogP contribution in [-0.4, -0.2) is 23.7 Å². The predicted octanol–water partition coefficient (Wildman–Crippen LogP) is 0.889. The highest BCUT2D eigenvalue weighted by atomic mass is 19.2. The summed E-state index contributed by atoms with van der Waals surface area (Å²) in [4.78, 5) is 11.2. The third-order valence-electron chi connectivity index (χ3n) is 2.18. The number of rotatable bonds is 4. The first-order valence-corrected chi connectivity index (χ1v) is 5.02. The van der Waals surface area contributed by atoms with E-state index in [1.165, 1.54) is 0 Å². The number of aliphatic hydroxyl groups is 1. The lowest BCUT2D eigenvalue weighted by atomic mass is 10.0. The van der Waals surface area contributed by atoms with Crippen molar-refractivity contribution in [2.75, 3.05) is 6.61 Å². The van der Waals surface area contributed by atoms with Gasteiger partial charge >= 0.3 is 5.97 Å². The molecule has 0 aromatic heterocycles. The standard InChI is InChI=1S/C11H13F2NO3/c1-2-17-11(16)9(14)10(15)6-3-4-7(12)8(13)5-6/h3-5,9-10,15H,2,14H2,1H3. The van der Waals surface area contributed by atoms with Gasteiger partial charge in [-0.2, -0.15) is 0 Å². The van der Waals surface area contributed by atoms with Crippen molar-refractivity contribution >= 4 is 5.97 Å². The first kappa shape index (κ1) is 13.5. The van der Waals surface area contributed by atoms with Gasteiger partial charge in [0.2, 0.25) is 0 Å². The fourth-order valence-corrected chi connectivity index (χ4v) is 1.27. The van der Waals surface area contributed by atoms with Crippen LogP contribution < -0.4 is 5.73 Å². The monoisotopic (exact) mass is 245 g/mol. The van der Waals surface area contributed by atoms with Crippen LogP contribution in [0.5, 0.6) is 0 Å². The van der Waals surface area contributed by atoms with E-state index in [1.54, 1.807) is 6.92 Å². The van der Waals surface area contributed by atoms with Crippen molar-refractivity contribution in [3.8, 4) is 0 Å². The van der Waals surface area contributed by atoms with E-state index in [4.69, 9.17) is 5.73 Å². The van der Waals surface area contributed by atoms with Crippen LogP contribution in [0, 0.1) is 11.6 Å². The predicted molar refractivity (Wildman–Crippen MR) is 55.9 cm³/mol. The molecule has 3 N–H and O–H groups in total. The zero-order valence-corrected chi connectivity index (χ0v) is 9.19. The molecule has 1 aromatic rings. The van der Waals surface area contributed by atoms with E-state index in [-0.39, 0.29) is 12.2 Å². The van der Waals surface area contributed by atoms with Crippen molar-refractivity contribution in [3.05, 3.63) is 35.4 Å². The van der Waals surface area contributed by atoms with Crippen molar-refractivity contribution in [2.45, 2.75) is 19.1 Å². The molecule has 0 spiro atoms. The Morgan fingerprint density at radius 1 is 1.47 bits per heavy atom. The number of nitrogens with two attached hydrogens (primary N) is 1. The van der Waals surface area contributed by atoms with Gasteiger partial charge in [-0.15, -0.1) is 0 Å². The second-order valence-electron chi connectivity index (χ2n) is 3.40. The Kier molecular flexibility index (Phi) is 4.53. The molecule has 0 aliphatic carbocycles. The Morgan fingerprint density at radius 2 is 2.12 bits per heavy atom. The van der Waals surface area contributed by atoms with Gasteiger partial charge in [-0.25, -0.2) is 8.78 Å². The van der Waals surface area contributed by atoms with E-state index in [1.807, 2.05) is 0 Å². The molecule has 0 amide bonds. The van der Waals surface area contributed by atoms with Gasteiger partial charge in [0.05, 0.1) is 6.61 Å². The molecule has 1 rings (SSSR count). The highest BCUT2D eigenvalue weighted by Gasteiger charge is 2.25. The maximum absolute atomic E-state index is 12.9. The number of carbonyl (C=O) groups excluding carboxylic acids is 1. The topological polar surface area (TPSA) is 72.5 Å². The first-order valence-electron chi connectivity index (χ1n) is 5.02. The number of hydrogen-bond donors (Lipinski definition) is 2. The summed E-state index contributed by atoms with van der Waals surface area (Å²) in [7, 11) is 0. The van der Waals surface area contributed by atoms with Crippen LogP contribution in [0.3, 0.4) is 0 Å². The Bertz CT molecular complexity index is 412. The van der Waals surface area contributed by atoms with Crippen molar-refractivity contribution in [1.29, 1.82) is 0 Å². The summed E-state index contributed by atoms with van der Waals surface area (Å²) in [6.07, 6.45) is -1.44. The summed E-state index contributed by atoms with van der Waals surface area (Å²) < 4.78 is 30.2. The fraction of sp³-hybridized carbons (Fsp3) is 0.364. The number of carbonyl (C=O) groups is 1. The molecule has 0 heterocycles. The highest BCUT2D eigenvalue weighted by molar-refractivity contribution is 5.76. The Hall–Kier alpha value is -1.53. The van der Waals surface area contributed by atoms with Gasteiger partial charge < -0.3 is 15.6 Å². The molecule has 2 atom stereocenters. The van der Waals surface area contributed by atoms with Gasteiger partial charge in [0.25, 0.3) is 0 Å². The second-order valence-corrected chi connectivity index (χ2v) is 3.40. The summed E-state index contributed by atoms with van der Waals surface area (Å²) in [6, 6.07) is 1.47. The Labute approximate surface area is 97.0 Å². The molecule has 0 bridgehead atoms. The summed E-state index contributed by atoms with van der Waals surface area (Å²) in [5.41, 5.74) is 5.44. The smallest absolute Gasteiger partial charge is 0.325 e. The molecule has 0 saturated carbocycles. The molecule has 17 heavy (non-hydrogen) atoms. The SMILES string of the molecule is CCOC(=O)C(N)C(O)c1ccc(F)c(F)c1. The fourth-order valence-electron chi connectivity index (χ4n) is 1.27. The molecule has 4 nitrogen and oxygen atoms in total. The van der Waals surface area contributed by atoms with Gasteiger partial charge in [0, 0.05) is 0 Å². The molecule has 0 fully saturated rings. The molecule has 0 radical (unpaired) electrons. The largest absolute Gasteiger partial charge is 0.465 e. The van der Waals surface area contributed by atoms with Gasteiger partial charge in [-0.3, -0.25) is 4.79 Å². The average molecular weight is 245 g/mol. The molecule has 2 unspecified atom stereocenters. The minimum absolute atomic E-state index is 0.0180. The van der Waals surface area contributed by atoms with Crippen LogP contribution in [0.4, 0.5) is 8.78 Å². The number of benzene rings is 1. The lowest BCUT2D eigenvalue weighted by Gasteiger charge is -2.17. The van der Waals surface area contributed by atoms with E-state index in [0.717, 1.165) is 18.2 Å². The van der Waals surface area contributed by atoms with Gasteiger partial charge in [-0.05, 0) is 24.6 Å². The highest BCUT2D eigenvalue weighted by Crippen LogP contribution is 2.19. The molecule has 0 aliphatic heterocycles. The molecular weight excluding hydrogens is 232 g/mol.